The highest BCUT2D eigenvalue weighted by Gasteiger charge is 2.32. The predicted molar refractivity (Wildman–Crippen MR) is 101 cm³/mol. The molecule has 0 N–H and O–H groups in total. The van der Waals surface area contributed by atoms with Crippen molar-refractivity contribution in [1.82, 2.24) is 15.0 Å². The van der Waals surface area contributed by atoms with E-state index in [4.69, 9.17) is 9.26 Å². The van der Waals surface area contributed by atoms with Crippen LogP contribution in [0.4, 0.5) is 0 Å². The Labute approximate surface area is 161 Å². The molecule has 0 atom stereocenters. The first-order chi connectivity index (χ1) is 13.5. The number of benzene rings is 2. The third kappa shape index (κ3) is 3.29. The van der Waals surface area contributed by atoms with Crippen LogP contribution >= 0.6 is 0 Å². The zero-order valence-corrected chi connectivity index (χ0v) is 15.2. The summed E-state index contributed by atoms with van der Waals surface area (Å²) in [5, 5.41) is 3.89. The number of aryl methyl sites for hydroxylation is 1. The quantitative estimate of drug-likeness (QED) is 0.637. The van der Waals surface area contributed by atoms with E-state index in [1.807, 2.05) is 37.3 Å². The van der Waals surface area contributed by atoms with Gasteiger partial charge in [0.05, 0.1) is 0 Å². The third-order valence-corrected chi connectivity index (χ3v) is 4.46. The Kier molecular flexibility index (Phi) is 4.49. The Balaban J connectivity index is 1.36. The first-order valence-electron chi connectivity index (χ1n) is 8.68. The molecule has 4 rings (SSSR count). The highest BCUT2D eigenvalue weighted by Crippen LogP contribution is 2.30. The van der Waals surface area contributed by atoms with Gasteiger partial charge in [-0.25, -0.2) is 0 Å². The maximum absolute atomic E-state index is 12.4. The van der Waals surface area contributed by atoms with Gasteiger partial charge < -0.3 is 9.26 Å². The van der Waals surface area contributed by atoms with Crippen molar-refractivity contribution in [2.24, 2.45) is 0 Å². The van der Waals surface area contributed by atoms with E-state index in [0.29, 0.717) is 17.1 Å². The standard InChI is InChI=1S/C21H17N3O4/c1-13-7-9-15(10-8-13)20-22-18(28-23-20)12-27-19(25)11-24-14(2)16-5-3-4-6-17(16)21(24)26/h3-10H,2,11-12H2,1H3. The van der Waals surface area contributed by atoms with Gasteiger partial charge >= 0.3 is 5.97 Å². The van der Waals surface area contributed by atoms with Crippen molar-refractivity contribution in [2.45, 2.75) is 13.5 Å². The van der Waals surface area contributed by atoms with Crippen LogP contribution in [0.3, 0.4) is 0 Å². The molecule has 0 radical (unpaired) electrons. The Morgan fingerprint density at radius 2 is 1.86 bits per heavy atom. The Bertz CT molecular complexity index is 1030. The summed E-state index contributed by atoms with van der Waals surface area (Å²) >= 11 is 0. The van der Waals surface area contributed by atoms with Gasteiger partial charge in [0.1, 0.15) is 6.54 Å². The SMILES string of the molecule is C=C1c2ccccc2C(=O)N1CC(=O)OCc1nc(-c2ccc(C)cc2)no1. The van der Waals surface area contributed by atoms with E-state index < -0.39 is 5.97 Å². The van der Waals surface area contributed by atoms with Crippen LogP contribution in [0.2, 0.25) is 0 Å². The molecule has 0 spiro atoms. The van der Waals surface area contributed by atoms with Gasteiger partial charge in [0.25, 0.3) is 11.8 Å². The molecule has 1 aliphatic rings. The molecule has 1 aromatic heterocycles. The second kappa shape index (κ2) is 7.11. The maximum atomic E-state index is 12.4. The summed E-state index contributed by atoms with van der Waals surface area (Å²) < 4.78 is 10.3. The number of amides is 1. The van der Waals surface area contributed by atoms with E-state index in [9.17, 15) is 9.59 Å². The smallest absolute Gasteiger partial charge is 0.326 e. The monoisotopic (exact) mass is 375 g/mol. The van der Waals surface area contributed by atoms with Crippen molar-refractivity contribution in [3.8, 4) is 11.4 Å². The van der Waals surface area contributed by atoms with Crippen LogP contribution in [0.15, 0.2) is 59.6 Å². The number of fused-ring (bicyclic) bond motifs is 1. The minimum absolute atomic E-state index is 0.168. The zero-order valence-electron chi connectivity index (χ0n) is 15.2. The van der Waals surface area contributed by atoms with Gasteiger partial charge in [0.15, 0.2) is 6.61 Å². The molecule has 2 aromatic carbocycles. The molecule has 0 unspecified atom stereocenters. The van der Waals surface area contributed by atoms with Crippen molar-refractivity contribution < 1.29 is 18.8 Å². The second-order valence-electron chi connectivity index (χ2n) is 6.42. The summed E-state index contributed by atoms with van der Waals surface area (Å²) in [5.41, 5.74) is 3.67. The number of hydrogen-bond donors (Lipinski definition) is 0. The van der Waals surface area contributed by atoms with Crippen molar-refractivity contribution in [1.29, 1.82) is 0 Å². The molecule has 28 heavy (non-hydrogen) atoms. The number of ether oxygens (including phenoxy) is 1. The first kappa shape index (κ1) is 17.7. The fourth-order valence-electron chi connectivity index (χ4n) is 2.95. The molecule has 0 fully saturated rings. The topological polar surface area (TPSA) is 85.5 Å². The van der Waals surface area contributed by atoms with E-state index in [0.717, 1.165) is 16.7 Å². The molecule has 0 aliphatic carbocycles. The minimum Gasteiger partial charge on any atom is -0.454 e. The predicted octanol–water partition coefficient (Wildman–Crippen LogP) is 3.21. The highest BCUT2D eigenvalue weighted by molar-refractivity contribution is 6.10. The lowest BCUT2D eigenvalue weighted by Gasteiger charge is -2.15. The molecule has 7 heteroatoms. The maximum Gasteiger partial charge on any atom is 0.326 e. The summed E-state index contributed by atoms with van der Waals surface area (Å²) in [7, 11) is 0. The number of hydrogen-bond acceptors (Lipinski definition) is 6. The van der Waals surface area contributed by atoms with Crippen LogP contribution < -0.4 is 0 Å². The number of aromatic nitrogens is 2. The van der Waals surface area contributed by atoms with Crippen LogP contribution in [-0.2, 0) is 16.1 Å². The Morgan fingerprint density at radius 1 is 1.14 bits per heavy atom. The summed E-state index contributed by atoms with van der Waals surface area (Å²) in [6.07, 6.45) is 0. The van der Waals surface area contributed by atoms with E-state index >= 15 is 0 Å². The average Bonchev–Trinajstić information content (AvgIpc) is 3.27. The molecule has 3 aromatic rings. The highest BCUT2D eigenvalue weighted by atomic mass is 16.6. The Hall–Kier alpha value is -3.74. The van der Waals surface area contributed by atoms with Gasteiger partial charge in [-0.3, -0.25) is 14.5 Å². The van der Waals surface area contributed by atoms with Crippen LogP contribution in [0.1, 0.15) is 27.4 Å². The van der Waals surface area contributed by atoms with Crippen molar-refractivity contribution in [2.75, 3.05) is 6.54 Å². The number of rotatable bonds is 5. The Morgan fingerprint density at radius 3 is 2.57 bits per heavy atom. The minimum atomic E-state index is -0.586. The van der Waals surface area contributed by atoms with Crippen LogP contribution in [0.5, 0.6) is 0 Å². The second-order valence-corrected chi connectivity index (χ2v) is 6.42. The zero-order chi connectivity index (χ0) is 19.7. The van der Waals surface area contributed by atoms with E-state index in [-0.39, 0.29) is 24.9 Å². The lowest BCUT2D eigenvalue weighted by molar-refractivity contribution is -0.145. The third-order valence-electron chi connectivity index (χ3n) is 4.46. The van der Waals surface area contributed by atoms with E-state index in [1.165, 1.54) is 4.90 Å². The fraction of sp³-hybridized carbons (Fsp3) is 0.143. The summed E-state index contributed by atoms with van der Waals surface area (Å²) in [6.45, 7) is 5.49. The normalized spacial score (nSPS) is 13.0. The van der Waals surface area contributed by atoms with Gasteiger partial charge in [-0.15, -0.1) is 0 Å². The number of esters is 1. The summed E-state index contributed by atoms with van der Waals surface area (Å²) in [5.74, 6) is -0.252. The van der Waals surface area contributed by atoms with E-state index in [1.54, 1.807) is 18.2 Å². The van der Waals surface area contributed by atoms with Crippen molar-refractivity contribution in [3.05, 3.63) is 77.7 Å². The van der Waals surface area contributed by atoms with Crippen LogP contribution in [0.25, 0.3) is 17.1 Å². The van der Waals surface area contributed by atoms with Crippen molar-refractivity contribution >= 4 is 17.6 Å². The van der Waals surface area contributed by atoms with Gasteiger partial charge in [0.2, 0.25) is 5.82 Å². The van der Waals surface area contributed by atoms with Crippen molar-refractivity contribution in [3.63, 3.8) is 0 Å². The molecular formula is C21H17N3O4. The van der Waals surface area contributed by atoms with Gasteiger partial charge in [-0.05, 0) is 13.0 Å². The van der Waals surface area contributed by atoms with Crippen LogP contribution in [0, 0.1) is 6.92 Å². The molecule has 140 valence electrons. The fourth-order valence-corrected chi connectivity index (χ4v) is 2.95. The lowest BCUT2D eigenvalue weighted by atomic mass is 10.1. The first-order valence-corrected chi connectivity index (χ1v) is 8.68. The molecule has 0 saturated heterocycles. The molecule has 1 amide bonds. The molecule has 7 nitrogen and oxygen atoms in total. The molecular weight excluding hydrogens is 358 g/mol. The molecule has 0 bridgehead atoms. The average molecular weight is 375 g/mol. The molecule has 0 saturated carbocycles. The number of carbonyl (C=O) groups excluding carboxylic acids is 2. The summed E-state index contributed by atoms with van der Waals surface area (Å²) in [6, 6.07) is 14.8. The lowest BCUT2D eigenvalue weighted by Crippen LogP contribution is -2.30. The van der Waals surface area contributed by atoms with Crippen LogP contribution in [-0.4, -0.2) is 33.5 Å². The van der Waals surface area contributed by atoms with Gasteiger partial charge in [0, 0.05) is 22.4 Å². The molecule has 2 heterocycles. The van der Waals surface area contributed by atoms with Gasteiger partial charge in [-0.2, -0.15) is 4.98 Å². The molecule has 1 aliphatic heterocycles. The van der Waals surface area contributed by atoms with Gasteiger partial charge in [-0.1, -0.05) is 59.8 Å². The number of carbonyl (C=O) groups is 2. The number of nitrogens with zero attached hydrogens (tertiary/aromatic N) is 3. The summed E-state index contributed by atoms with van der Waals surface area (Å²) in [4.78, 5) is 30.1. The largest absolute Gasteiger partial charge is 0.454 e. The van der Waals surface area contributed by atoms with E-state index in [2.05, 4.69) is 16.7 Å².